The molecule has 0 fully saturated rings. The van der Waals surface area contributed by atoms with Gasteiger partial charge >= 0.3 is 5.97 Å². The summed E-state index contributed by atoms with van der Waals surface area (Å²) >= 11 is 0. The van der Waals surface area contributed by atoms with Gasteiger partial charge in [-0.15, -0.1) is 0 Å². The predicted molar refractivity (Wildman–Crippen MR) is 131 cm³/mol. The molecule has 34 heavy (non-hydrogen) atoms. The van der Waals surface area contributed by atoms with Crippen LogP contribution in [0.15, 0.2) is 94.9 Å². The fourth-order valence-electron chi connectivity index (χ4n) is 4.35. The molecule has 5 nitrogen and oxygen atoms in total. The first-order valence-corrected chi connectivity index (χ1v) is 11.4. The van der Waals surface area contributed by atoms with E-state index in [1.807, 2.05) is 54.6 Å². The Morgan fingerprint density at radius 3 is 2.38 bits per heavy atom. The maximum atomic E-state index is 11.0. The van der Waals surface area contributed by atoms with Crippen LogP contribution < -0.4 is 4.89 Å². The molecular formula is C29H25NO4. The highest BCUT2D eigenvalue weighted by Crippen LogP contribution is 2.40. The Morgan fingerprint density at radius 1 is 0.912 bits per heavy atom. The summed E-state index contributed by atoms with van der Waals surface area (Å²) in [6.45, 7) is 1.31. The van der Waals surface area contributed by atoms with Crippen molar-refractivity contribution in [1.82, 2.24) is 4.98 Å². The normalized spacial score (nSPS) is 13.2. The highest BCUT2D eigenvalue weighted by molar-refractivity contribution is 5.79. The quantitative estimate of drug-likeness (QED) is 0.223. The van der Waals surface area contributed by atoms with Crippen LogP contribution in [0.3, 0.4) is 0 Å². The first-order valence-electron chi connectivity index (χ1n) is 11.4. The van der Waals surface area contributed by atoms with E-state index < -0.39 is 5.97 Å². The maximum Gasteiger partial charge on any atom is 0.352 e. The number of rotatable bonds is 7. The zero-order chi connectivity index (χ0) is 23.3. The van der Waals surface area contributed by atoms with Gasteiger partial charge < -0.3 is 4.42 Å². The molecule has 0 saturated heterocycles. The highest BCUT2D eigenvalue weighted by atomic mass is 17.2. The van der Waals surface area contributed by atoms with Gasteiger partial charge in [0, 0.05) is 23.6 Å². The Labute approximate surface area is 198 Å². The van der Waals surface area contributed by atoms with Crippen molar-refractivity contribution in [3.8, 4) is 28.3 Å². The number of carbonyl (C=O) groups excluding carboxylic acids is 1. The number of hydrogen-bond donors (Lipinski definition) is 0. The Bertz CT molecular complexity index is 1270. The van der Waals surface area contributed by atoms with Crippen molar-refractivity contribution >= 4 is 11.5 Å². The summed E-state index contributed by atoms with van der Waals surface area (Å²) in [7, 11) is 0. The Balaban J connectivity index is 1.50. The number of oxazole rings is 1. The molecule has 1 aromatic heterocycles. The minimum Gasteiger partial charge on any atom is -0.436 e. The standard InChI is InChI=1S/C29H25NO4/c1-20(31)33-34-25-16-8-10-21(19-25)18-24-15-9-17-26(24)29-30-27(22-11-4-2-5-12-22)28(32-29)23-13-6-3-7-14-23/h2-8,10-14,16,19H,9,15,17-18H2,1H3. The fourth-order valence-corrected chi connectivity index (χ4v) is 4.35. The fraction of sp³-hybridized carbons (Fsp3) is 0.172. The van der Waals surface area contributed by atoms with E-state index in [0.29, 0.717) is 11.6 Å². The summed E-state index contributed by atoms with van der Waals surface area (Å²) in [4.78, 5) is 25.8. The van der Waals surface area contributed by atoms with E-state index in [-0.39, 0.29) is 0 Å². The lowest BCUT2D eigenvalue weighted by atomic mass is 10.0. The number of hydrogen-bond acceptors (Lipinski definition) is 5. The second-order valence-electron chi connectivity index (χ2n) is 8.35. The van der Waals surface area contributed by atoms with Gasteiger partial charge in [0.15, 0.2) is 11.5 Å². The van der Waals surface area contributed by atoms with Crippen molar-refractivity contribution in [2.45, 2.75) is 32.6 Å². The Kier molecular flexibility index (Phi) is 6.25. The molecule has 0 unspecified atom stereocenters. The van der Waals surface area contributed by atoms with Crippen LogP contribution in [0.1, 0.15) is 37.6 Å². The van der Waals surface area contributed by atoms with Crippen molar-refractivity contribution < 1.29 is 19.0 Å². The van der Waals surface area contributed by atoms with Crippen LogP contribution in [-0.4, -0.2) is 11.0 Å². The van der Waals surface area contributed by atoms with Crippen LogP contribution in [0.25, 0.3) is 28.2 Å². The molecule has 5 rings (SSSR count). The van der Waals surface area contributed by atoms with E-state index in [9.17, 15) is 4.79 Å². The van der Waals surface area contributed by atoms with Crippen LogP contribution in [0.5, 0.6) is 5.75 Å². The Morgan fingerprint density at radius 2 is 1.65 bits per heavy atom. The summed E-state index contributed by atoms with van der Waals surface area (Å²) in [5, 5.41) is 0. The molecule has 1 heterocycles. The van der Waals surface area contributed by atoms with Crippen LogP contribution >= 0.6 is 0 Å². The molecule has 0 saturated carbocycles. The molecule has 0 bridgehead atoms. The third-order valence-corrected chi connectivity index (χ3v) is 5.87. The van der Waals surface area contributed by atoms with E-state index >= 15 is 0 Å². The van der Waals surface area contributed by atoms with E-state index in [1.165, 1.54) is 18.1 Å². The minimum atomic E-state index is -0.487. The second-order valence-corrected chi connectivity index (χ2v) is 8.35. The van der Waals surface area contributed by atoms with Crippen LogP contribution in [-0.2, 0) is 16.1 Å². The lowest BCUT2D eigenvalue weighted by Gasteiger charge is -2.07. The molecule has 170 valence electrons. The number of nitrogens with zero attached hydrogens (tertiary/aromatic N) is 1. The monoisotopic (exact) mass is 451 g/mol. The van der Waals surface area contributed by atoms with Gasteiger partial charge in [0.2, 0.25) is 5.89 Å². The predicted octanol–water partition coefficient (Wildman–Crippen LogP) is 7.05. The van der Waals surface area contributed by atoms with Gasteiger partial charge in [0.1, 0.15) is 5.69 Å². The number of benzene rings is 3. The van der Waals surface area contributed by atoms with Crippen LogP contribution in [0, 0.1) is 0 Å². The summed E-state index contributed by atoms with van der Waals surface area (Å²) in [5.41, 5.74) is 6.47. The van der Waals surface area contributed by atoms with Gasteiger partial charge in [-0.05, 0) is 43.4 Å². The molecule has 0 spiro atoms. The van der Waals surface area contributed by atoms with E-state index in [4.69, 9.17) is 14.3 Å². The number of carbonyl (C=O) groups is 1. The van der Waals surface area contributed by atoms with Gasteiger partial charge in [-0.1, -0.05) is 78.4 Å². The molecule has 0 atom stereocenters. The average molecular weight is 452 g/mol. The van der Waals surface area contributed by atoms with Gasteiger partial charge in [-0.25, -0.2) is 9.78 Å². The zero-order valence-corrected chi connectivity index (χ0v) is 19.0. The van der Waals surface area contributed by atoms with Crippen LogP contribution in [0.4, 0.5) is 0 Å². The largest absolute Gasteiger partial charge is 0.436 e. The molecular weight excluding hydrogens is 426 g/mol. The molecule has 5 heteroatoms. The summed E-state index contributed by atoms with van der Waals surface area (Å²) in [6.07, 6.45) is 3.75. The van der Waals surface area contributed by atoms with E-state index in [1.54, 1.807) is 6.07 Å². The summed E-state index contributed by atoms with van der Waals surface area (Å²) in [6, 6.07) is 27.9. The van der Waals surface area contributed by atoms with Crippen molar-refractivity contribution in [2.75, 3.05) is 0 Å². The van der Waals surface area contributed by atoms with Gasteiger partial charge in [0.25, 0.3) is 0 Å². The molecule has 1 aliphatic carbocycles. The first-order chi connectivity index (χ1) is 16.7. The van der Waals surface area contributed by atoms with E-state index in [0.717, 1.165) is 53.8 Å². The third-order valence-electron chi connectivity index (χ3n) is 5.87. The lowest BCUT2D eigenvalue weighted by molar-refractivity contribution is -0.210. The molecule has 0 aliphatic heterocycles. The zero-order valence-electron chi connectivity index (χ0n) is 19.0. The van der Waals surface area contributed by atoms with Crippen molar-refractivity contribution in [2.24, 2.45) is 0 Å². The second kappa shape index (κ2) is 9.79. The maximum absolute atomic E-state index is 11.0. The van der Waals surface area contributed by atoms with E-state index in [2.05, 4.69) is 29.2 Å². The highest BCUT2D eigenvalue weighted by Gasteiger charge is 2.24. The average Bonchev–Trinajstić information content (AvgIpc) is 3.51. The molecule has 4 aromatic rings. The smallest absolute Gasteiger partial charge is 0.352 e. The van der Waals surface area contributed by atoms with Gasteiger partial charge in [0.05, 0.1) is 0 Å². The van der Waals surface area contributed by atoms with Crippen LogP contribution in [0.2, 0.25) is 0 Å². The number of aromatic nitrogens is 1. The number of allylic oxidation sites excluding steroid dienone is 2. The van der Waals surface area contributed by atoms with Gasteiger partial charge in [-0.3, -0.25) is 9.78 Å². The Hall–Kier alpha value is -4.12. The minimum absolute atomic E-state index is 0.487. The lowest BCUT2D eigenvalue weighted by Crippen LogP contribution is -2.03. The first kappa shape index (κ1) is 21.7. The van der Waals surface area contributed by atoms with Crippen molar-refractivity contribution in [1.29, 1.82) is 0 Å². The van der Waals surface area contributed by atoms with Gasteiger partial charge in [-0.2, -0.15) is 0 Å². The van der Waals surface area contributed by atoms with Crippen molar-refractivity contribution in [3.63, 3.8) is 0 Å². The molecule has 1 aliphatic rings. The summed E-state index contributed by atoms with van der Waals surface area (Å²) < 4.78 is 6.44. The molecule has 0 radical (unpaired) electrons. The topological polar surface area (TPSA) is 61.6 Å². The molecule has 3 aromatic carbocycles. The SMILES string of the molecule is CC(=O)OOc1cccc(CC2=C(c3nc(-c4ccccc4)c(-c4ccccc4)o3)CCC2)c1. The third kappa shape index (κ3) is 4.79. The molecule has 0 amide bonds. The summed E-state index contributed by atoms with van der Waals surface area (Å²) in [5.74, 6) is 1.50. The molecule has 0 N–H and O–H groups in total. The van der Waals surface area contributed by atoms with Crippen molar-refractivity contribution in [3.05, 3.63) is 102 Å².